The molecule has 0 atom stereocenters. The summed E-state index contributed by atoms with van der Waals surface area (Å²) in [5.74, 6) is -3.13. The van der Waals surface area contributed by atoms with E-state index < -0.39 is 17.2 Å². The van der Waals surface area contributed by atoms with E-state index in [4.69, 9.17) is 23.2 Å². The SMILES string of the molecule is CCOC=O.Cc1c(Sc2c(Cl)cccc2Cl)cc(C(C)(F)F)[nH]c1=O. The molecule has 4 nitrogen and oxygen atoms in total. The predicted molar refractivity (Wildman–Crippen MR) is 99.6 cm³/mol. The fraction of sp³-hybridized carbons (Fsp3) is 0.294. The third-order valence-corrected chi connectivity index (χ3v) is 5.21. The molecule has 0 saturated carbocycles. The molecule has 2 rings (SSSR count). The van der Waals surface area contributed by atoms with Gasteiger partial charge in [-0.3, -0.25) is 9.59 Å². The van der Waals surface area contributed by atoms with Gasteiger partial charge < -0.3 is 9.72 Å². The molecule has 1 N–H and O–H groups in total. The van der Waals surface area contributed by atoms with Crippen molar-refractivity contribution in [2.24, 2.45) is 0 Å². The van der Waals surface area contributed by atoms with E-state index in [-0.39, 0.29) is 0 Å². The van der Waals surface area contributed by atoms with E-state index in [1.807, 2.05) is 0 Å². The number of carbonyl (C=O) groups is 1. The van der Waals surface area contributed by atoms with Crippen molar-refractivity contribution in [1.82, 2.24) is 4.98 Å². The summed E-state index contributed by atoms with van der Waals surface area (Å²) in [7, 11) is 0. The van der Waals surface area contributed by atoms with Crippen LogP contribution in [0.3, 0.4) is 0 Å². The zero-order chi connectivity index (χ0) is 19.9. The minimum Gasteiger partial charge on any atom is -0.468 e. The van der Waals surface area contributed by atoms with E-state index in [9.17, 15) is 18.4 Å². The maximum Gasteiger partial charge on any atom is 0.293 e. The van der Waals surface area contributed by atoms with Gasteiger partial charge in [0, 0.05) is 22.3 Å². The first kappa shape index (κ1) is 22.5. The monoisotopic (exact) mass is 423 g/mol. The second-order valence-electron chi connectivity index (χ2n) is 5.09. The molecular weight excluding hydrogens is 407 g/mol. The summed E-state index contributed by atoms with van der Waals surface area (Å²) in [4.78, 5) is 24.1. The van der Waals surface area contributed by atoms with Gasteiger partial charge in [-0.25, -0.2) is 8.78 Å². The van der Waals surface area contributed by atoms with Crippen LogP contribution in [0.15, 0.2) is 38.9 Å². The molecule has 0 unspecified atom stereocenters. The molecule has 9 heteroatoms. The van der Waals surface area contributed by atoms with Crippen LogP contribution in [0.1, 0.15) is 25.1 Å². The standard InChI is InChI=1S/C14H11Cl2F2NOS.C3H6O2/c1-7-10(6-11(14(2,17)18)19-13(7)20)21-12-8(15)4-3-5-9(12)16;1-2-5-3-4/h3-6H,1-2H3,(H,19,20);3H,2H2,1H3. The summed E-state index contributed by atoms with van der Waals surface area (Å²) in [5, 5.41) is 0.800. The van der Waals surface area contributed by atoms with Crippen LogP contribution in [0, 0.1) is 6.92 Å². The number of H-pyrrole nitrogens is 1. The number of nitrogens with one attached hydrogen (secondary N) is 1. The van der Waals surface area contributed by atoms with Crippen LogP contribution in [0.25, 0.3) is 0 Å². The number of aromatic amines is 1. The van der Waals surface area contributed by atoms with Crippen molar-refractivity contribution in [1.29, 1.82) is 0 Å². The molecule has 0 aliphatic rings. The minimum absolute atomic E-state index is 0.337. The molecule has 0 spiro atoms. The van der Waals surface area contributed by atoms with Gasteiger partial charge in [-0.2, -0.15) is 0 Å². The van der Waals surface area contributed by atoms with Crippen LogP contribution in [0.5, 0.6) is 0 Å². The van der Waals surface area contributed by atoms with Gasteiger partial charge >= 0.3 is 0 Å². The summed E-state index contributed by atoms with van der Waals surface area (Å²) in [6, 6.07) is 6.23. The van der Waals surface area contributed by atoms with Gasteiger partial charge in [0.05, 0.1) is 22.3 Å². The van der Waals surface area contributed by atoms with Gasteiger partial charge in [-0.1, -0.05) is 41.0 Å². The first-order valence-electron chi connectivity index (χ1n) is 7.41. The van der Waals surface area contributed by atoms with Gasteiger partial charge in [-0.15, -0.1) is 0 Å². The van der Waals surface area contributed by atoms with Crippen LogP contribution < -0.4 is 5.56 Å². The van der Waals surface area contributed by atoms with E-state index in [2.05, 4.69) is 9.72 Å². The molecule has 0 bridgehead atoms. The molecule has 0 aliphatic carbocycles. The number of carbonyl (C=O) groups excluding carboxylic acids is 1. The molecule has 0 amide bonds. The Bertz CT molecular complexity index is 802. The molecule has 0 fully saturated rings. The number of rotatable bonds is 5. The Kier molecular flexibility index (Phi) is 8.59. The molecule has 1 heterocycles. The summed E-state index contributed by atoms with van der Waals surface area (Å²) in [5.41, 5.74) is -0.660. The van der Waals surface area contributed by atoms with Gasteiger partial charge in [0.1, 0.15) is 0 Å². The summed E-state index contributed by atoms with van der Waals surface area (Å²) < 4.78 is 31.0. The molecule has 2 aromatic rings. The highest BCUT2D eigenvalue weighted by molar-refractivity contribution is 7.99. The Balaban J connectivity index is 0.000000597. The van der Waals surface area contributed by atoms with Crippen LogP contribution in [0.2, 0.25) is 10.0 Å². The average Bonchev–Trinajstić information content (AvgIpc) is 2.55. The second-order valence-corrected chi connectivity index (χ2v) is 6.96. The van der Waals surface area contributed by atoms with E-state index in [1.54, 1.807) is 32.0 Å². The van der Waals surface area contributed by atoms with Gasteiger partial charge in [-0.05, 0) is 32.0 Å². The zero-order valence-electron chi connectivity index (χ0n) is 14.2. The fourth-order valence-electron chi connectivity index (χ4n) is 1.70. The number of hydrogen-bond donors (Lipinski definition) is 1. The fourth-order valence-corrected chi connectivity index (χ4v) is 3.31. The van der Waals surface area contributed by atoms with E-state index in [0.29, 0.717) is 38.5 Å². The molecule has 0 aliphatic heterocycles. The first-order valence-corrected chi connectivity index (χ1v) is 8.98. The molecule has 1 aromatic heterocycles. The first-order chi connectivity index (χ1) is 12.1. The number of benzene rings is 1. The lowest BCUT2D eigenvalue weighted by atomic mass is 10.2. The van der Waals surface area contributed by atoms with Crippen molar-refractivity contribution in [3.8, 4) is 0 Å². The Labute approximate surface area is 163 Å². The van der Waals surface area contributed by atoms with Crippen LogP contribution in [-0.2, 0) is 15.5 Å². The number of alkyl halides is 2. The van der Waals surface area contributed by atoms with Crippen molar-refractivity contribution >= 4 is 41.4 Å². The van der Waals surface area contributed by atoms with Gasteiger partial charge in [0.15, 0.2) is 0 Å². The van der Waals surface area contributed by atoms with Crippen LogP contribution in [0.4, 0.5) is 8.78 Å². The molecule has 1 aromatic carbocycles. The topological polar surface area (TPSA) is 59.2 Å². The summed E-state index contributed by atoms with van der Waals surface area (Å²) >= 11 is 13.2. The van der Waals surface area contributed by atoms with Crippen LogP contribution in [-0.4, -0.2) is 18.1 Å². The highest BCUT2D eigenvalue weighted by Gasteiger charge is 2.27. The molecular formula is C17H17Cl2F2NO3S. The third kappa shape index (κ3) is 6.30. The average molecular weight is 424 g/mol. The van der Waals surface area contributed by atoms with E-state index in [1.165, 1.54) is 6.07 Å². The number of aromatic nitrogens is 1. The van der Waals surface area contributed by atoms with E-state index in [0.717, 1.165) is 18.7 Å². The van der Waals surface area contributed by atoms with Crippen molar-refractivity contribution in [2.45, 2.75) is 36.5 Å². The largest absolute Gasteiger partial charge is 0.468 e. The third-order valence-electron chi connectivity index (χ3n) is 3.07. The van der Waals surface area contributed by atoms with Crippen molar-refractivity contribution in [3.05, 3.63) is 55.9 Å². The number of halogens is 4. The minimum atomic E-state index is -3.13. The lowest BCUT2D eigenvalue weighted by Gasteiger charge is -2.14. The lowest BCUT2D eigenvalue weighted by molar-refractivity contribution is -0.128. The quantitative estimate of drug-likeness (QED) is 0.651. The van der Waals surface area contributed by atoms with Gasteiger partial charge in [0.2, 0.25) is 0 Å². The van der Waals surface area contributed by atoms with Crippen molar-refractivity contribution in [3.63, 3.8) is 0 Å². The molecule has 142 valence electrons. The Morgan fingerprint density at radius 1 is 1.31 bits per heavy atom. The smallest absolute Gasteiger partial charge is 0.293 e. The Morgan fingerprint density at radius 2 is 1.88 bits per heavy atom. The summed E-state index contributed by atoms with van der Waals surface area (Å²) in [6.07, 6.45) is 0. The normalized spacial score (nSPS) is 10.7. The summed E-state index contributed by atoms with van der Waals surface area (Å²) in [6.45, 7) is 4.95. The highest BCUT2D eigenvalue weighted by atomic mass is 35.5. The number of pyridine rings is 1. The van der Waals surface area contributed by atoms with Crippen molar-refractivity contribution < 1.29 is 18.3 Å². The number of ether oxygens (including phenoxy) is 1. The van der Waals surface area contributed by atoms with Crippen molar-refractivity contribution in [2.75, 3.05) is 6.61 Å². The lowest BCUT2D eigenvalue weighted by Crippen LogP contribution is -2.19. The second kappa shape index (κ2) is 9.94. The predicted octanol–water partition coefficient (Wildman–Crippen LogP) is 5.43. The van der Waals surface area contributed by atoms with E-state index >= 15 is 0 Å². The Morgan fingerprint density at radius 3 is 2.31 bits per heavy atom. The van der Waals surface area contributed by atoms with Crippen LogP contribution >= 0.6 is 35.0 Å². The maximum absolute atomic E-state index is 13.4. The highest BCUT2D eigenvalue weighted by Crippen LogP contribution is 2.40. The number of hydrogen-bond acceptors (Lipinski definition) is 4. The maximum atomic E-state index is 13.4. The molecule has 26 heavy (non-hydrogen) atoms. The Hall–Kier alpha value is -1.57. The van der Waals surface area contributed by atoms with Gasteiger partial charge in [0.25, 0.3) is 18.0 Å². The molecule has 0 radical (unpaired) electrons. The molecule has 0 saturated heterocycles. The zero-order valence-corrected chi connectivity index (χ0v) is 16.6.